The predicted octanol–water partition coefficient (Wildman–Crippen LogP) is 2.28. The molecule has 4 heteroatoms. The van der Waals surface area contributed by atoms with E-state index in [9.17, 15) is 0 Å². The number of ether oxygens (including phenoxy) is 1. The highest BCUT2D eigenvalue weighted by Gasteiger charge is 2.52. The molecule has 1 heterocycles. The molecule has 0 aliphatic heterocycles. The molecule has 0 atom stereocenters. The van der Waals surface area contributed by atoms with Gasteiger partial charge in [0.25, 0.3) is 0 Å². The fourth-order valence-electron chi connectivity index (χ4n) is 4.94. The summed E-state index contributed by atoms with van der Waals surface area (Å²) in [6.07, 6.45) is 11.3. The fourth-order valence-corrected chi connectivity index (χ4v) is 4.94. The van der Waals surface area contributed by atoms with Crippen molar-refractivity contribution in [2.45, 2.75) is 50.7 Å². The van der Waals surface area contributed by atoms with Gasteiger partial charge in [0.2, 0.25) is 5.88 Å². The van der Waals surface area contributed by atoms with Crippen LogP contribution in [0.15, 0.2) is 12.4 Å². The van der Waals surface area contributed by atoms with Crippen LogP contribution in [0.2, 0.25) is 0 Å². The lowest BCUT2D eigenvalue weighted by Gasteiger charge is -2.55. The van der Waals surface area contributed by atoms with Gasteiger partial charge in [-0.1, -0.05) is 0 Å². The highest BCUT2D eigenvalue weighted by Crippen LogP contribution is 2.56. The van der Waals surface area contributed by atoms with E-state index in [1.54, 1.807) is 12.4 Å². The van der Waals surface area contributed by atoms with Gasteiger partial charge in [0, 0.05) is 18.9 Å². The molecule has 102 valence electrons. The zero-order valence-corrected chi connectivity index (χ0v) is 11.2. The van der Waals surface area contributed by atoms with Gasteiger partial charge in [-0.25, -0.2) is 4.98 Å². The highest BCUT2D eigenvalue weighted by molar-refractivity contribution is 5.19. The maximum absolute atomic E-state index is 6.38. The number of aromatic nitrogens is 2. The molecule has 4 fully saturated rings. The maximum atomic E-state index is 6.38. The van der Waals surface area contributed by atoms with Gasteiger partial charge in [0.05, 0.1) is 0 Å². The van der Waals surface area contributed by atoms with Gasteiger partial charge in [0.1, 0.15) is 11.3 Å². The average Bonchev–Trinajstić information content (AvgIpc) is 2.37. The van der Waals surface area contributed by atoms with E-state index in [0.717, 1.165) is 23.4 Å². The van der Waals surface area contributed by atoms with Gasteiger partial charge >= 0.3 is 0 Å². The van der Waals surface area contributed by atoms with Crippen LogP contribution in [-0.2, 0) is 6.54 Å². The molecule has 4 aliphatic carbocycles. The second kappa shape index (κ2) is 4.17. The Balaban J connectivity index is 1.62. The Morgan fingerprint density at radius 1 is 1.05 bits per heavy atom. The SMILES string of the molecule is NCc1nccnc1OC12CC3CC(CC(C3)C1)C2. The van der Waals surface area contributed by atoms with Gasteiger partial charge in [-0.3, -0.25) is 4.98 Å². The fraction of sp³-hybridized carbons (Fsp3) is 0.733. The second-order valence-corrected chi connectivity index (χ2v) is 6.71. The molecule has 0 amide bonds. The van der Waals surface area contributed by atoms with Gasteiger partial charge < -0.3 is 10.5 Å². The normalized spacial score (nSPS) is 39.5. The molecule has 0 spiro atoms. The summed E-state index contributed by atoms with van der Waals surface area (Å²) >= 11 is 0. The van der Waals surface area contributed by atoms with Gasteiger partial charge in [-0.05, 0) is 56.3 Å². The summed E-state index contributed by atoms with van der Waals surface area (Å²) < 4.78 is 6.38. The third kappa shape index (κ3) is 1.93. The molecule has 19 heavy (non-hydrogen) atoms. The molecule has 0 saturated heterocycles. The lowest BCUT2D eigenvalue weighted by Crippen LogP contribution is -2.54. The molecule has 4 saturated carbocycles. The Labute approximate surface area is 113 Å². The molecule has 4 bridgehead atoms. The molecule has 0 radical (unpaired) electrons. The average molecular weight is 259 g/mol. The summed E-state index contributed by atoms with van der Waals surface area (Å²) in [6, 6.07) is 0. The molecular formula is C15H21N3O. The standard InChI is InChI=1S/C15H21N3O/c16-9-13-14(18-2-1-17-13)19-15-6-10-3-11(7-15)5-12(4-10)8-15/h1-2,10-12H,3-9,16H2. The van der Waals surface area contributed by atoms with Crippen LogP contribution >= 0.6 is 0 Å². The number of nitrogens with zero attached hydrogens (tertiary/aromatic N) is 2. The van der Waals surface area contributed by atoms with E-state index in [1.165, 1.54) is 38.5 Å². The quantitative estimate of drug-likeness (QED) is 0.904. The first-order chi connectivity index (χ1) is 9.26. The van der Waals surface area contributed by atoms with Crippen molar-refractivity contribution < 1.29 is 4.74 Å². The highest BCUT2D eigenvalue weighted by atomic mass is 16.5. The van der Waals surface area contributed by atoms with E-state index >= 15 is 0 Å². The van der Waals surface area contributed by atoms with Crippen LogP contribution in [0.4, 0.5) is 0 Å². The minimum atomic E-state index is 0.0364. The van der Waals surface area contributed by atoms with Crippen LogP contribution in [0.3, 0.4) is 0 Å². The molecular weight excluding hydrogens is 238 g/mol. The van der Waals surface area contributed by atoms with Crippen LogP contribution in [0, 0.1) is 17.8 Å². The topological polar surface area (TPSA) is 61.0 Å². The van der Waals surface area contributed by atoms with Gasteiger partial charge in [0.15, 0.2) is 0 Å². The lowest BCUT2D eigenvalue weighted by atomic mass is 9.54. The molecule has 0 aromatic carbocycles. The van der Waals surface area contributed by atoms with E-state index < -0.39 is 0 Å². The smallest absolute Gasteiger partial charge is 0.237 e. The number of nitrogens with two attached hydrogens (primary N) is 1. The zero-order chi connectivity index (χ0) is 12.9. The van der Waals surface area contributed by atoms with Crippen molar-refractivity contribution in [3.05, 3.63) is 18.1 Å². The minimum Gasteiger partial charge on any atom is -0.470 e. The number of hydrogen-bond acceptors (Lipinski definition) is 4. The lowest BCUT2D eigenvalue weighted by molar-refractivity contribution is -0.110. The Bertz CT molecular complexity index is 453. The third-order valence-corrected chi connectivity index (χ3v) is 5.22. The van der Waals surface area contributed by atoms with E-state index in [0.29, 0.717) is 12.4 Å². The van der Waals surface area contributed by atoms with E-state index in [4.69, 9.17) is 10.5 Å². The number of hydrogen-bond donors (Lipinski definition) is 1. The van der Waals surface area contributed by atoms with E-state index in [2.05, 4.69) is 9.97 Å². The van der Waals surface area contributed by atoms with Crippen LogP contribution in [0.25, 0.3) is 0 Å². The van der Waals surface area contributed by atoms with Crippen molar-refractivity contribution >= 4 is 0 Å². The predicted molar refractivity (Wildman–Crippen MR) is 71.5 cm³/mol. The van der Waals surface area contributed by atoms with Crippen molar-refractivity contribution in [2.24, 2.45) is 23.5 Å². The summed E-state index contributed by atoms with van der Waals surface area (Å²) in [4.78, 5) is 8.64. The largest absolute Gasteiger partial charge is 0.470 e. The van der Waals surface area contributed by atoms with Crippen LogP contribution in [0.5, 0.6) is 5.88 Å². The van der Waals surface area contributed by atoms with Gasteiger partial charge in [-0.2, -0.15) is 0 Å². The van der Waals surface area contributed by atoms with Crippen LogP contribution < -0.4 is 10.5 Å². The summed E-state index contributed by atoms with van der Waals surface area (Å²) in [5.74, 6) is 3.31. The van der Waals surface area contributed by atoms with Crippen molar-refractivity contribution in [2.75, 3.05) is 0 Å². The Kier molecular flexibility index (Phi) is 2.56. The first kappa shape index (κ1) is 11.6. The molecule has 0 unspecified atom stereocenters. The van der Waals surface area contributed by atoms with Gasteiger partial charge in [-0.15, -0.1) is 0 Å². The summed E-state index contributed by atoms with van der Waals surface area (Å²) in [5, 5.41) is 0. The molecule has 1 aromatic rings. The first-order valence-electron chi connectivity index (χ1n) is 7.45. The van der Waals surface area contributed by atoms with Crippen LogP contribution in [-0.4, -0.2) is 15.6 Å². The summed E-state index contributed by atoms with van der Waals surface area (Å²) in [5.41, 5.74) is 6.56. The zero-order valence-electron chi connectivity index (χ0n) is 11.2. The van der Waals surface area contributed by atoms with Crippen molar-refractivity contribution in [3.8, 4) is 5.88 Å². The third-order valence-electron chi connectivity index (χ3n) is 5.22. The van der Waals surface area contributed by atoms with Crippen molar-refractivity contribution in [1.29, 1.82) is 0 Å². The molecule has 1 aromatic heterocycles. The molecule has 4 aliphatic rings. The van der Waals surface area contributed by atoms with Crippen molar-refractivity contribution in [3.63, 3.8) is 0 Å². The minimum absolute atomic E-state index is 0.0364. The molecule has 4 nitrogen and oxygen atoms in total. The summed E-state index contributed by atoms with van der Waals surface area (Å²) in [7, 11) is 0. The Hall–Kier alpha value is -1.16. The number of rotatable bonds is 3. The maximum Gasteiger partial charge on any atom is 0.237 e. The molecule has 2 N–H and O–H groups in total. The van der Waals surface area contributed by atoms with Crippen LogP contribution in [0.1, 0.15) is 44.2 Å². The summed E-state index contributed by atoms with van der Waals surface area (Å²) in [6.45, 7) is 0.398. The van der Waals surface area contributed by atoms with E-state index in [1.807, 2.05) is 0 Å². The van der Waals surface area contributed by atoms with E-state index in [-0.39, 0.29) is 5.60 Å². The monoisotopic (exact) mass is 259 g/mol. The first-order valence-corrected chi connectivity index (χ1v) is 7.45. The second-order valence-electron chi connectivity index (χ2n) is 6.71. The Morgan fingerprint density at radius 2 is 1.63 bits per heavy atom. The molecule has 5 rings (SSSR count). The van der Waals surface area contributed by atoms with Crippen molar-refractivity contribution in [1.82, 2.24) is 9.97 Å². The Morgan fingerprint density at radius 3 is 2.21 bits per heavy atom.